The Labute approximate surface area is 108 Å². The zero-order chi connectivity index (χ0) is 13.1. The standard InChI is InChI=1S/C11H12ClN3O3/c12-10-4-9(15(17)18)2-1-7(10)5-13-8-3-11(16)14-6-8/h1-2,4,8,13H,3,5-6H2,(H,14,16). The average molecular weight is 270 g/mol. The molecule has 1 amide bonds. The molecule has 96 valence electrons. The minimum absolute atomic E-state index is 0.0264. The largest absolute Gasteiger partial charge is 0.354 e. The molecule has 1 aromatic rings. The fourth-order valence-electron chi connectivity index (χ4n) is 1.80. The highest BCUT2D eigenvalue weighted by molar-refractivity contribution is 6.31. The molecule has 1 fully saturated rings. The normalized spacial score (nSPS) is 18.7. The number of hydrogen-bond donors (Lipinski definition) is 2. The van der Waals surface area contributed by atoms with Gasteiger partial charge in [0, 0.05) is 37.7 Å². The summed E-state index contributed by atoms with van der Waals surface area (Å²) >= 11 is 5.96. The lowest BCUT2D eigenvalue weighted by molar-refractivity contribution is -0.384. The molecule has 6 nitrogen and oxygen atoms in total. The molecule has 7 heteroatoms. The van der Waals surface area contributed by atoms with E-state index in [-0.39, 0.29) is 17.6 Å². The molecule has 1 heterocycles. The van der Waals surface area contributed by atoms with E-state index in [4.69, 9.17) is 11.6 Å². The highest BCUT2D eigenvalue weighted by Crippen LogP contribution is 2.22. The molecule has 1 aliphatic heterocycles. The third-order valence-corrected chi connectivity index (χ3v) is 3.16. The van der Waals surface area contributed by atoms with Crippen LogP contribution in [0.5, 0.6) is 0 Å². The number of carbonyl (C=O) groups is 1. The first-order valence-electron chi connectivity index (χ1n) is 5.49. The van der Waals surface area contributed by atoms with Crippen molar-refractivity contribution in [2.45, 2.75) is 19.0 Å². The number of nitrogens with one attached hydrogen (secondary N) is 2. The molecule has 1 aromatic carbocycles. The zero-order valence-corrected chi connectivity index (χ0v) is 10.2. The molecule has 2 N–H and O–H groups in total. The molecule has 1 atom stereocenters. The Kier molecular flexibility index (Phi) is 3.78. The number of amides is 1. The lowest BCUT2D eigenvalue weighted by Crippen LogP contribution is -2.30. The summed E-state index contributed by atoms with van der Waals surface area (Å²) in [5, 5.41) is 16.8. The molecule has 0 spiro atoms. The summed E-state index contributed by atoms with van der Waals surface area (Å²) in [6.07, 6.45) is 0.449. The van der Waals surface area contributed by atoms with Crippen molar-refractivity contribution < 1.29 is 9.72 Å². The Morgan fingerprint density at radius 1 is 1.56 bits per heavy atom. The number of hydrogen-bond acceptors (Lipinski definition) is 4. The van der Waals surface area contributed by atoms with Gasteiger partial charge in [0.2, 0.25) is 5.91 Å². The monoisotopic (exact) mass is 269 g/mol. The van der Waals surface area contributed by atoms with Crippen LogP contribution in [0.4, 0.5) is 5.69 Å². The SMILES string of the molecule is O=C1CC(NCc2ccc([N+](=O)[O-])cc2Cl)CN1. The average Bonchev–Trinajstić information content (AvgIpc) is 2.73. The number of benzene rings is 1. The smallest absolute Gasteiger partial charge is 0.270 e. The summed E-state index contributed by atoms with van der Waals surface area (Å²) in [5.74, 6) is 0.0299. The number of nitro benzene ring substituents is 1. The number of halogens is 1. The molecule has 1 aliphatic rings. The van der Waals surface area contributed by atoms with Crippen LogP contribution in [0.15, 0.2) is 18.2 Å². The van der Waals surface area contributed by atoms with Crippen molar-refractivity contribution in [1.82, 2.24) is 10.6 Å². The highest BCUT2D eigenvalue weighted by Gasteiger charge is 2.20. The third kappa shape index (κ3) is 2.96. The second kappa shape index (κ2) is 5.32. The third-order valence-electron chi connectivity index (χ3n) is 2.81. The highest BCUT2D eigenvalue weighted by atomic mass is 35.5. The molecule has 1 unspecified atom stereocenters. The predicted molar refractivity (Wildman–Crippen MR) is 66.4 cm³/mol. The maximum atomic E-state index is 11.0. The Morgan fingerprint density at radius 3 is 2.89 bits per heavy atom. The van der Waals surface area contributed by atoms with Gasteiger partial charge in [0.05, 0.1) is 9.95 Å². The lowest BCUT2D eigenvalue weighted by Gasteiger charge is -2.11. The van der Waals surface area contributed by atoms with E-state index in [2.05, 4.69) is 10.6 Å². The van der Waals surface area contributed by atoms with Gasteiger partial charge in [-0.3, -0.25) is 14.9 Å². The first-order chi connectivity index (χ1) is 8.56. The Hall–Kier alpha value is -1.66. The minimum atomic E-state index is -0.483. The number of rotatable bonds is 4. The van der Waals surface area contributed by atoms with Crippen LogP contribution in [0.2, 0.25) is 5.02 Å². The van der Waals surface area contributed by atoms with E-state index in [0.717, 1.165) is 5.56 Å². The molecule has 2 rings (SSSR count). The quantitative estimate of drug-likeness (QED) is 0.636. The second-order valence-electron chi connectivity index (χ2n) is 4.12. The topological polar surface area (TPSA) is 84.3 Å². The van der Waals surface area contributed by atoms with E-state index in [1.807, 2.05) is 0 Å². The lowest BCUT2D eigenvalue weighted by atomic mass is 10.2. The van der Waals surface area contributed by atoms with E-state index >= 15 is 0 Å². The van der Waals surface area contributed by atoms with Crippen LogP contribution in [0, 0.1) is 10.1 Å². The summed E-state index contributed by atoms with van der Waals surface area (Å²) in [7, 11) is 0. The van der Waals surface area contributed by atoms with Gasteiger partial charge in [-0.1, -0.05) is 11.6 Å². The van der Waals surface area contributed by atoms with Crippen LogP contribution in [0.25, 0.3) is 0 Å². The van der Waals surface area contributed by atoms with Crippen LogP contribution in [0.3, 0.4) is 0 Å². The molecule has 0 bridgehead atoms. The zero-order valence-electron chi connectivity index (χ0n) is 9.48. The molecule has 0 aromatic heterocycles. The summed E-state index contributed by atoms with van der Waals surface area (Å²) < 4.78 is 0. The van der Waals surface area contributed by atoms with Gasteiger partial charge in [-0.2, -0.15) is 0 Å². The molecule has 0 aliphatic carbocycles. The van der Waals surface area contributed by atoms with Crippen molar-refractivity contribution in [3.05, 3.63) is 38.9 Å². The fraction of sp³-hybridized carbons (Fsp3) is 0.364. The molecule has 0 saturated carbocycles. The van der Waals surface area contributed by atoms with Gasteiger partial charge in [0.1, 0.15) is 0 Å². The van der Waals surface area contributed by atoms with Gasteiger partial charge >= 0.3 is 0 Å². The maximum absolute atomic E-state index is 11.0. The molecule has 18 heavy (non-hydrogen) atoms. The number of carbonyl (C=O) groups excluding carboxylic acids is 1. The van der Waals surface area contributed by atoms with Crippen LogP contribution in [0.1, 0.15) is 12.0 Å². The Morgan fingerprint density at radius 2 is 2.33 bits per heavy atom. The summed E-state index contributed by atoms with van der Waals surface area (Å²) in [4.78, 5) is 21.1. The van der Waals surface area contributed by atoms with Crippen molar-refractivity contribution in [2.24, 2.45) is 0 Å². The second-order valence-corrected chi connectivity index (χ2v) is 4.53. The maximum Gasteiger partial charge on any atom is 0.270 e. The van der Waals surface area contributed by atoms with Crippen LogP contribution in [-0.2, 0) is 11.3 Å². The van der Waals surface area contributed by atoms with Gasteiger partial charge in [0.25, 0.3) is 5.69 Å². The fourth-order valence-corrected chi connectivity index (χ4v) is 2.04. The van der Waals surface area contributed by atoms with Crippen molar-refractivity contribution in [3.63, 3.8) is 0 Å². The number of non-ortho nitro benzene ring substituents is 1. The first kappa shape index (κ1) is 12.8. The van der Waals surface area contributed by atoms with Crippen LogP contribution >= 0.6 is 11.6 Å². The number of nitro groups is 1. The molecular formula is C11H12ClN3O3. The summed E-state index contributed by atoms with van der Waals surface area (Å²) in [5.41, 5.74) is 0.753. The minimum Gasteiger partial charge on any atom is -0.354 e. The van der Waals surface area contributed by atoms with E-state index in [9.17, 15) is 14.9 Å². The van der Waals surface area contributed by atoms with Gasteiger partial charge in [-0.25, -0.2) is 0 Å². The molecule has 1 saturated heterocycles. The van der Waals surface area contributed by atoms with Gasteiger partial charge < -0.3 is 10.6 Å². The van der Waals surface area contributed by atoms with E-state index in [1.165, 1.54) is 12.1 Å². The van der Waals surface area contributed by atoms with Gasteiger partial charge in [0.15, 0.2) is 0 Å². The summed E-state index contributed by atoms with van der Waals surface area (Å²) in [6.45, 7) is 1.08. The first-order valence-corrected chi connectivity index (χ1v) is 5.87. The van der Waals surface area contributed by atoms with E-state index in [0.29, 0.717) is 24.5 Å². The van der Waals surface area contributed by atoms with Crippen molar-refractivity contribution in [1.29, 1.82) is 0 Å². The van der Waals surface area contributed by atoms with Crippen molar-refractivity contribution >= 4 is 23.2 Å². The number of nitrogens with zero attached hydrogens (tertiary/aromatic N) is 1. The van der Waals surface area contributed by atoms with Crippen molar-refractivity contribution in [3.8, 4) is 0 Å². The molecular weight excluding hydrogens is 258 g/mol. The Bertz CT molecular complexity index is 492. The predicted octanol–water partition coefficient (Wildman–Crippen LogP) is 1.23. The van der Waals surface area contributed by atoms with Crippen molar-refractivity contribution in [2.75, 3.05) is 6.54 Å². The molecule has 0 radical (unpaired) electrons. The van der Waals surface area contributed by atoms with E-state index in [1.54, 1.807) is 6.07 Å². The van der Waals surface area contributed by atoms with E-state index < -0.39 is 4.92 Å². The van der Waals surface area contributed by atoms with Gasteiger partial charge in [-0.15, -0.1) is 0 Å². The van der Waals surface area contributed by atoms with Gasteiger partial charge in [-0.05, 0) is 11.6 Å². The van der Waals surface area contributed by atoms with Crippen LogP contribution in [-0.4, -0.2) is 23.4 Å². The summed E-state index contributed by atoms with van der Waals surface area (Å²) in [6, 6.07) is 4.46. The Balaban J connectivity index is 1.97. The van der Waals surface area contributed by atoms with Crippen LogP contribution < -0.4 is 10.6 Å².